The second-order valence-electron chi connectivity index (χ2n) is 5.38. The maximum Gasteiger partial charge on any atom is 0.226 e. The van der Waals surface area contributed by atoms with Crippen molar-refractivity contribution in [1.82, 2.24) is 15.1 Å². The van der Waals surface area contributed by atoms with Gasteiger partial charge in [-0.2, -0.15) is 5.10 Å². The van der Waals surface area contributed by atoms with Crippen LogP contribution in [0, 0.1) is 5.92 Å². The number of benzene rings is 1. The fourth-order valence-electron chi connectivity index (χ4n) is 2.56. The Morgan fingerprint density at radius 1 is 1.50 bits per heavy atom. The van der Waals surface area contributed by atoms with Crippen LogP contribution in [-0.4, -0.2) is 28.8 Å². The van der Waals surface area contributed by atoms with Crippen molar-refractivity contribution in [2.45, 2.75) is 19.4 Å². The minimum atomic E-state index is -0.157. The van der Waals surface area contributed by atoms with Crippen LogP contribution in [0.3, 0.4) is 0 Å². The summed E-state index contributed by atoms with van der Waals surface area (Å²) in [5.41, 5.74) is 0.996. The van der Waals surface area contributed by atoms with Crippen LogP contribution in [0.2, 0.25) is 5.02 Å². The van der Waals surface area contributed by atoms with E-state index >= 15 is 0 Å². The highest BCUT2D eigenvalue weighted by molar-refractivity contribution is 6.30. The van der Waals surface area contributed by atoms with Gasteiger partial charge in [-0.1, -0.05) is 11.6 Å². The number of halogens is 1. The summed E-state index contributed by atoms with van der Waals surface area (Å²) in [5.74, 6) is 0.703. The normalized spacial score (nSPS) is 16.7. The third-order valence-corrected chi connectivity index (χ3v) is 3.96. The second-order valence-corrected chi connectivity index (χ2v) is 5.81. The molecule has 22 heavy (non-hydrogen) atoms. The standard InChI is InChI=1S/C16H18ClN3O2/c17-14-3-4-15-12(10-14)9-13(11-22-15)16(21)18-5-1-7-20-8-2-6-19-20/h2-4,6,8,10,13H,1,5,7,9,11H2,(H,18,21). The molecule has 0 aliphatic carbocycles. The number of carbonyl (C=O) groups excluding carboxylic acids is 1. The highest BCUT2D eigenvalue weighted by Crippen LogP contribution is 2.29. The molecule has 6 heteroatoms. The third kappa shape index (κ3) is 3.60. The van der Waals surface area contributed by atoms with Crippen LogP contribution in [0.1, 0.15) is 12.0 Å². The van der Waals surface area contributed by atoms with E-state index in [1.165, 1.54) is 0 Å². The van der Waals surface area contributed by atoms with Gasteiger partial charge in [-0.15, -0.1) is 0 Å². The Morgan fingerprint density at radius 3 is 3.23 bits per heavy atom. The van der Waals surface area contributed by atoms with Crippen molar-refractivity contribution in [2.24, 2.45) is 5.92 Å². The van der Waals surface area contributed by atoms with Crippen LogP contribution in [0.4, 0.5) is 0 Å². The Balaban J connectivity index is 1.47. The number of amides is 1. The summed E-state index contributed by atoms with van der Waals surface area (Å²) in [6.07, 6.45) is 5.18. The molecule has 1 unspecified atom stereocenters. The van der Waals surface area contributed by atoms with E-state index in [0.29, 0.717) is 24.6 Å². The van der Waals surface area contributed by atoms with Gasteiger partial charge in [0.25, 0.3) is 0 Å². The van der Waals surface area contributed by atoms with Crippen molar-refractivity contribution in [3.05, 3.63) is 47.2 Å². The van der Waals surface area contributed by atoms with Crippen LogP contribution in [0.5, 0.6) is 5.75 Å². The Labute approximate surface area is 134 Å². The first-order chi connectivity index (χ1) is 10.7. The fraction of sp³-hybridized carbons (Fsp3) is 0.375. The first-order valence-corrected chi connectivity index (χ1v) is 7.76. The van der Waals surface area contributed by atoms with Gasteiger partial charge in [-0.25, -0.2) is 0 Å². The van der Waals surface area contributed by atoms with E-state index in [1.807, 2.05) is 29.1 Å². The van der Waals surface area contributed by atoms with Gasteiger partial charge in [0.1, 0.15) is 12.4 Å². The van der Waals surface area contributed by atoms with Crippen LogP contribution in [0.25, 0.3) is 0 Å². The molecule has 2 aromatic rings. The molecule has 1 atom stereocenters. The molecule has 116 valence electrons. The molecule has 0 saturated carbocycles. The van der Waals surface area contributed by atoms with Gasteiger partial charge < -0.3 is 10.1 Å². The highest BCUT2D eigenvalue weighted by atomic mass is 35.5. The first kappa shape index (κ1) is 14.9. The van der Waals surface area contributed by atoms with Gasteiger partial charge in [0.15, 0.2) is 0 Å². The molecular weight excluding hydrogens is 302 g/mol. The van der Waals surface area contributed by atoms with Crippen LogP contribution < -0.4 is 10.1 Å². The molecule has 0 radical (unpaired) electrons. The summed E-state index contributed by atoms with van der Waals surface area (Å²) in [4.78, 5) is 12.2. The summed E-state index contributed by atoms with van der Waals surface area (Å²) in [6.45, 7) is 1.85. The molecule has 1 aromatic carbocycles. The number of nitrogens with one attached hydrogen (secondary N) is 1. The molecular formula is C16H18ClN3O2. The fourth-order valence-corrected chi connectivity index (χ4v) is 2.76. The van der Waals surface area contributed by atoms with E-state index in [0.717, 1.165) is 24.3 Å². The Kier molecular flexibility index (Phi) is 4.63. The van der Waals surface area contributed by atoms with Gasteiger partial charge in [0.05, 0.1) is 5.92 Å². The number of hydrogen-bond donors (Lipinski definition) is 1. The first-order valence-electron chi connectivity index (χ1n) is 7.39. The number of ether oxygens (including phenoxy) is 1. The summed E-state index contributed by atoms with van der Waals surface area (Å²) < 4.78 is 7.50. The molecule has 2 heterocycles. The lowest BCUT2D eigenvalue weighted by molar-refractivity contribution is -0.126. The largest absolute Gasteiger partial charge is 0.492 e. The van der Waals surface area contributed by atoms with E-state index in [2.05, 4.69) is 10.4 Å². The molecule has 5 nitrogen and oxygen atoms in total. The van der Waals surface area contributed by atoms with Crippen molar-refractivity contribution < 1.29 is 9.53 Å². The number of fused-ring (bicyclic) bond motifs is 1. The SMILES string of the molecule is O=C(NCCCn1cccn1)C1COc2ccc(Cl)cc2C1. The van der Waals surface area contributed by atoms with Crippen LogP contribution in [-0.2, 0) is 17.8 Å². The van der Waals surface area contributed by atoms with Crippen LogP contribution in [0.15, 0.2) is 36.7 Å². The number of hydrogen-bond acceptors (Lipinski definition) is 3. The molecule has 1 aliphatic rings. The minimum absolute atomic E-state index is 0.0334. The molecule has 0 spiro atoms. The lowest BCUT2D eigenvalue weighted by atomic mass is 9.96. The molecule has 1 N–H and O–H groups in total. The average Bonchev–Trinajstić information content (AvgIpc) is 3.04. The lowest BCUT2D eigenvalue weighted by Crippen LogP contribution is -2.38. The van der Waals surface area contributed by atoms with Crippen molar-refractivity contribution in [3.8, 4) is 5.75 Å². The summed E-state index contributed by atoms with van der Waals surface area (Å²) in [7, 11) is 0. The second kappa shape index (κ2) is 6.83. The highest BCUT2D eigenvalue weighted by Gasteiger charge is 2.25. The predicted molar refractivity (Wildman–Crippen MR) is 84.0 cm³/mol. The van der Waals surface area contributed by atoms with Crippen molar-refractivity contribution in [2.75, 3.05) is 13.2 Å². The van der Waals surface area contributed by atoms with E-state index in [9.17, 15) is 4.79 Å². The Hall–Kier alpha value is -2.01. The third-order valence-electron chi connectivity index (χ3n) is 3.72. The maximum atomic E-state index is 12.2. The van der Waals surface area contributed by atoms with Crippen molar-refractivity contribution in [3.63, 3.8) is 0 Å². The number of carbonyl (C=O) groups is 1. The van der Waals surface area contributed by atoms with E-state index in [1.54, 1.807) is 12.3 Å². The lowest BCUT2D eigenvalue weighted by Gasteiger charge is -2.24. The minimum Gasteiger partial charge on any atom is -0.492 e. The summed E-state index contributed by atoms with van der Waals surface area (Å²) >= 11 is 5.99. The Morgan fingerprint density at radius 2 is 2.41 bits per heavy atom. The zero-order chi connectivity index (χ0) is 15.4. The topological polar surface area (TPSA) is 56.2 Å². The average molecular weight is 320 g/mol. The van der Waals surface area contributed by atoms with Gasteiger partial charge in [0.2, 0.25) is 5.91 Å². The van der Waals surface area contributed by atoms with E-state index < -0.39 is 0 Å². The molecule has 1 aliphatic heterocycles. The molecule has 0 fully saturated rings. The maximum absolute atomic E-state index is 12.2. The zero-order valence-electron chi connectivity index (χ0n) is 12.2. The van der Waals surface area contributed by atoms with Crippen molar-refractivity contribution in [1.29, 1.82) is 0 Å². The van der Waals surface area contributed by atoms with Crippen LogP contribution >= 0.6 is 11.6 Å². The summed E-state index contributed by atoms with van der Waals surface area (Å²) in [6, 6.07) is 7.42. The molecule has 1 amide bonds. The van der Waals surface area contributed by atoms with Gasteiger partial charge in [0, 0.05) is 30.5 Å². The van der Waals surface area contributed by atoms with Gasteiger partial charge in [-0.3, -0.25) is 9.48 Å². The number of nitrogens with zero attached hydrogens (tertiary/aromatic N) is 2. The van der Waals surface area contributed by atoms with E-state index in [4.69, 9.17) is 16.3 Å². The zero-order valence-corrected chi connectivity index (χ0v) is 12.9. The number of aromatic nitrogens is 2. The smallest absolute Gasteiger partial charge is 0.226 e. The number of aryl methyl sites for hydroxylation is 1. The summed E-state index contributed by atoms with van der Waals surface area (Å²) in [5, 5.41) is 7.76. The molecule has 3 rings (SSSR count). The predicted octanol–water partition coefficient (Wildman–Crippen LogP) is 2.29. The van der Waals surface area contributed by atoms with Gasteiger partial charge >= 0.3 is 0 Å². The monoisotopic (exact) mass is 319 g/mol. The molecule has 1 aromatic heterocycles. The van der Waals surface area contributed by atoms with Gasteiger partial charge in [-0.05, 0) is 42.7 Å². The molecule has 0 saturated heterocycles. The number of rotatable bonds is 5. The van der Waals surface area contributed by atoms with Crippen molar-refractivity contribution >= 4 is 17.5 Å². The molecule has 0 bridgehead atoms. The quantitative estimate of drug-likeness (QED) is 0.860. The van der Waals surface area contributed by atoms with E-state index in [-0.39, 0.29) is 11.8 Å². The Bertz CT molecular complexity index is 643.